The quantitative estimate of drug-likeness (QED) is 0.617. The highest BCUT2D eigenvalue weighted by atomic mass is 16.2. The van der Waals surface area contributed by atoms with Crippen LogP contribution in [-0.4, -0.2) is 43.5 Å². The number of amides is 1. The lowest BCUT2D eigenvalue weighted by Crippen LogP contribution is -2.40. The summed E-state index contributed by atoms with van der Waals surface area (Å²) in [6.07, 6.45) is 1.18. The Morgan fingerprint density at radius 3 is 2.92 bits per heavy atom. The molecule has 0 radical (unpaired) electrons. The Morgan fingerprint density at radius 2 is 2.46 bits per heavy atom. The Kier molecular flexibility index (Phi) is 3.69. The average molecular weight is 185 g/mol. The minimum absolute atomic E-state index is 0.0467. The molecule has 1 unspecified atom stereocenters. The molecule has 0 spiro atoms. The highest BCUT2D eigenvalue weighted by Crippen LogP contribution is 2.12. The van der Waals surface area contributed by atoms with E-state index in [-0.39, 0.29) is 11.9 Å². The maximum atomic E-state index is 11.1. The number of carbonyl (C=O) groups is 1. The zero-order chi connectivity index (χ0) is 9.84. The Hall–Kier alpha value is -0.610. The van der Waals surface area contributed by atoms with E-state index in [0.29, 0.717) is 5.92 Å². The molecule has 0 aromatic rings. The van der Waals surface area contributed by atoms with Crippen molar-refractivity contribution < 1.29 is 4.79 Å². The van der Waals surface area contributed by atoms with Gasteiger partial charge in [0.1, 0.15) is 0 Å². The summed E-state index contributed by atoms with van der Waals surface area (Å²) in [5.41, 5.74) is 5.43. The van der Waals surface area contributed by atoms with Gasteiger partial charge < -0.3 is 16.0 Å². The third kappa shape index (κ3) is 3.32. The molecule has 0 saturated carbocycles. The van der Waals surface area contributed by atoms with Crippen molar-refractivity contribution >= 4 is 5.91 Å². The van der Waals surface area contributed by atoms with Crippen molar-refractivity contribution in [3.05, 3.63) is 0 Å². The first-order valence-corrected chi connectivity index (χ1v) is 4.81. The summed E-state index contributed by atoms with van der Waals surface area (Å²) in [5.74, 6) is 0.558. The third-order valence-electron chi connectivity index (χ3n) is 2.47. The van der Waals surface area contributed by atoms with Gasteiger partial charge in [-0.15, -0.1) is 0 Å². The van der Waals surface area contributed by atoms with Crippen molar-refractivity contribution in [2.24, 2.45) is 11.7 Å². The maximum absolute atomic E-state index is 11.1. The van der Waals surface area contributed by atoms with E-state index in [1.54, 1.807) is 6.92 Å². The molecule has 0 aromatic carbocycles. The molecule has 0 aliphatic carbocycles. The number of rotatable bonds is 3. The Morgan fingerprint density at radius 1 is 1.77 bits per heavy atom. The molecule has 1 aliphatic heterocycles. The van der Waals surface area contributed by atoms with E-state index in [1.165, 1.54) is 6.42 Å². The number of hydrogen-bond donors (Lipinski definition) is 2. The van der Waals surface area contributed by atoms with Gasteiger partial charge in [-0.05, 0) is 32.9 Å². The fourth-order valence-corrected chi connectivity index (χ4v) is 1.60. The van der Waals surface area contributed by atoms with Gasteiger partial charge in [-0.2, -0.15) is 0 Å². The van der Waals surface area contributed by atoms with Crippen LogP contribution in [0.15, 0.2) is 0 Å². The predicted molar refractivity (Wildman–Crippen MR) is 52.3 cm³/mol. The van der Waals surface area contributed by atoms with Crippen LogP contribution in [0.5, 0.6) is 0 Å². The van der Waals surface area contributed by atoms with Crippen LogP contribution in [0.25, 0.3) is 0 Å². The second kappa shape index (κ2) is 4.58. The number of nitrogens with zero attached hydrogens (tertiary/aromatic N) is 1. The summed E-state index contributed by atoms with van der Waals surface area (Å²) >= 11 is 0. The number of nitrogens with one attached hydrogen (secondary N) is 1. The van der Waals surface area contributed by atoms with E-state index < -0.39 is 0 Å². The minimum Gasteiger partial charge on any atom is -0.354 e. The van der Waals surface area contributed by atoms with Gasteiger partial charge in [-0.1, -0.05) is 0 Å². The molecule has 76 valence electrons. The van der Waals surface area contributed by atoms with Gasteiger partial charge in [-0.3, -0.25) is 4.79 Å². The first kappa shape index (κ1) is 10.5. The molecule has 1 aliphatic rings. The molecule has 2 atom stereocenters. The van der Waals surface area contributed by atoms with Crippen LogP contribution in [0.4, 0.5) is 0 Å². The second-order valence-electron chi connectivity index (χ2n) is 3.95. The van der Waals surface area contributed by atoms with Gasteiger partial charge in [0.25, 0.3) is 0 Å². The Balaban J connectivity index is 2.16. The van der Waals surface area contributed by atoms with Crippen molar-refractivity contribution in [1.82, 2.24) is 10.2 Å². The average Bonchev–Trinajstić information content (AvgIpc) is 2.47. The third-order valence-corrected chi connectivity index (χ3v) is 2.47. The molecule has 1 fully saturated rings. The molecule has 1 rings (SSSR count). The van der Waals surface area contributed by atoms with Crippen LogP contribution < -0.4 is 11.1 Å². The number of likely N-dealkylation sites (tertiary alicyclic amines) is 1. The lowest BCUT2D eigenvalue weighted by Gasteiger charge is -2.12. The number of hydrogen-bond acceptors (Lipinski definition) is 3. The minimum atomic E-state index is -0.390. The second-order valence-corrected chi connectivity index (χ2v) is 3.95. The van der Waals surface area contributed by atoms with Crippen LogP contribution in [0.3, 0.4) is 0 Å². The van der Waals surface area contributed by atoms with Gasteiger partial charge in [0.15, 0.2) is 0 Å². The van der Waals surface area contributed by atoms with E-state index >= 15 is 0 Å². The summed E-state index contributed by atoms with van der Waals surface area (Å²) in [7, 11) is 2.10. The molecule has 4 nitrogen and oxygen atoms in total. The highest BCUT2D eigenvalue weighted by Gasteiger charge is 2.20. The molecule has 4 heteroatoms. The smallest absolute Gasteiger partial charge is 0.236 e. The number of carbonyl (C=O) groups excluding carboxylic acids is 1. The van der Waals surface area contributed by atoms with Gasteiger partial charge in [0, 0.05) is 13.1 Å². The van der Waals surface area contributed by atoms with Gasteiger partial charge >= 0.3 is 0 Å². The van der Waals surface area contributed by atoms with E-state index in [4.69, 9.17) is 5.73 Å². The summed E-state index contributed by atoms with van der Waals surface area (Å²) in [5, 5.41) is 2.85. The maximum Gasteiger partial charge on any atom is 0.236 e. The molecule has 1 saturated heterocycles. The summed E-state index contributed by atoms with van der Waals surface area (Å²) in [4.78, 5) is 13.4. The summed E-state index contributed by atoms with van der Waals surface area (Å²) in [6, 6.07) is -0.390. The van der Waals surface area contributed by atoms with Crippen molar-refractivity contribution in [3.63, 3.8) is 0 Å². The monoisotopic (exact) mass is 185 g/mol. The summed E-state index contributed by atoms with van der Waals surface area (Å²) < 4.78 is 0. The zero-order valence-corrected chi connectivity index (χ0v) is 8.42. The van der Waals surface area contributed by atoms with Crippen LogP contribution in [-0.2, 0) is 4.79 Å². The molecule has 3 N–H and O–H groups in total. The van der Waals surface area contributed by atoms with Crippen LogP contribution in [0.1, 0.15) is 13.3 Å². The van der Waals surface area contributed by atoms with Crippen LogP contribution in [0.2, 0.25) is 0 Å². The van der Waals surface area contributed by atoms with Crippen molar-refractivity contribution in [1.29, 1.82) is 0 Å². The SMILES string of the molecule is C[C@@H](N)C(=O)NCC1CCN(C)C1. The van der Waals surface area contributed by atoms with Crippen molar-refractivity contribution in [3.8, 4) is 0 Å². The van der Waals surface area contributed by atoms with E-state index in [0.717, 1.165) is 19.6 Å². The molecule has 1 heterocycles. The molecular formula is C9H19N3O. The molecule has 1 amide bonds. The standard InChI is InChI=1S/C9H19N3O/c1-7(10)9(13)11-5-8-3-4-12(2)6-8/h7-8H,3-6,10H2,1-2H3,(H,11,13)/t7-,8?/m1/s1. The van der Waals surface area contributed by atoms with Crippen LogP contribution in [0, 0.1) is 5.92 Å². The fraction of sp³-hybridized carbons (Fsp3) is 0.889. The first-order chi connectivity index (χ1) is 6.09. The van der Waals surface area contributed by atoms with Gasteiger partial charge in [-0.25, -0.2) is 0 Å². The van der Waals surface area contributed by atoms with Gasteiger partial charge in [0.05, 0.1) is 6.04 Å². The van der Waals surface area contributed by atoms with E-state index in [2.05, 4.69) is 17.3 Å². The predicted octanol–water partition coefficient (Wildman–Crippen LogP) is -0.598. The molecule has 13 heavy (non-hydrogen) atoms. The van der Waals surface area contributed by atoms with E-state index in [1.807, 2.05) is 0 Å². The molecule has 0 bridgehead atoms. The highest BCUT2D eigenvalue weighted by molar-refractivity contribution is 5.80. The van der Waals surface area contributed by atoms with Crippen molar-refractivity contribution in [2.75, 3.05) is 26.7 Å². The summed E-state index contributed by atoms with van der Waals surface area (Å²) in [6.45, 7) is 4.69. The van der Waals surface area contributed by atoms with Crippen molar-refractivity contribution in [2.45, 2.75) is 19.4 Å². The zero-order valence-electron chi connectivity index (χ0n) is 8.42. The Labute approximate surface area is 79.5 Å². The topological polar surface area (TPSA) is 58.4 Å². The van der Waals surface area contributed by atoms with Crippen LogP contribution >= 0.6 is 0 Å². The lowest BCUT2D eigenvalue weighted by atomic mass is 10.1. The first-order valence-electron chi connectivity index (χ1n) is 4.81. The fourth-order valence-electron chi connectivity index (χ4n) is 1.60. The lowest BCUT2D eigenvalue weighted by molar-refractivity contribution is -0.122. The molecular weight excluding hydrogens is 166 g/mol. The largest absolute Gasteiger partial charge is 0.354 e. The van der Waals surface area contributed by atoms with Gasteiger partial charge in [0.2, 0.25) is 5.91 Å². The molecule has 0 aromatic heterocycles. The normalized spacial score (nSPS) is 25.9. The Bertz CT molecular complexity index is 182. The number of nitrogens with two attached hydrogens (primary N) is 1. The van der Waals surface area contributed by atoms with E-state index in [9.17, 15) is 4.79 Å².